The molecule has 0 atom stereocenters. The zero-order chi connectivity index (χ0) is 14.7. The highest BCUT2D eigenvalue weighted by Gasteiger charge is 2.16. The fraction of sp³-hybridized carbons (Fsp3) is 0.133. The molecule has 0 aliphatic rings. The van der Waals surface area contributed by atoms with Crippen LogP contribution >= 0.6 is 11.6 Å². The minimum Gasteiger partial charge on any atom is -0.508 e. The molecule has 0 heterocycles. The van der Waals surface area contributed by atoms with Crippen molar-refractivity contribution in [2.24, 2.45) is 0 Å². The molecule has 0 aromatic heterocycles. The van der Waals surface area contributed by atoms with E-state index >= 15 is 0 Å². The topological polar surface area (TPSA) is 40.5 Å². The smallest absolute Gasteiger partial charge is 0.231 e. The molecule has 1 amide bonds. The van der Waals surface area contributed by atoms with Crippen molar-refractivity contribution < 1.29 is 14.3 Å². The highest BCUT2D eigenvalue weighted by Crippen LogP contribution is 2.23. The number of hydrogen-bond donors (Lipinski definition) is 1. The van der Waals surface area contributed by atoms with Crippen molar-refractivity contribution in [3.8, 4) is 5.75 Å². The Hall–Kier alpha value is -2.07. The molecule has 2 aromatic rings. The van der Waals surface area contributed by atoms with Gasteiger partial charge in [0.25, 0.3) is 0 Å². The first-order valence-corrected chi connectivity index (χ1v) is 6.35. The van der Waals surface area contributed by atoms with E-state index in [2.05, 4.69) is 0 Å². The Morgan fingerprint density at radius 1 is 1.30 bits per heavy atom. The monoisotopic (exact) mass is 293 g/mol. The zero-order valence-electron chi connectivity index (χ0n) is 10.8. The Balaban J connectivity index is 2.20. The lowest BCUT2D eigenvalue weighted by Crippen LogP contribution is -2.28. The summed E-state index contributed by atoms with van der Waals surface area (Å²) >= 11 is 5.90. The number of likely N-dealkylation sites (N-methyl/N-ethyl adjacent to an activating group) is 1. The summed E-state index contributed by atoms with van der Waals surface area (Å²) in [5.74, 6) is -0.760. The summed E-state index contributed by atoms with van der Waals surface area (Å²) in [4.78, 5) is 13.5. The number of carbonyl (C=O) groups is 1. The molecule has 20 heavy (non-hydrogen) atoms. The molecule has 0 spiro atoms. The van der Waals surface area contributed by atoms with Gasteiger partial charge in [-0.25, -0.2) is 4.39 Å². The molecule has 2 aromatic carbocycles. The number of hydrogen-bond acceptors (Lipinski definition) is 2. The molecule has 0 aliphatic heterocycles. The Labute approximate surface area is 121 Å². The molecule has 1 N–H and O–H groups in total. The van der Waals surface area contributed by atoms with E-state index in [0.29, 0.717) is 5.69 Å². The Bertz CT molecular complexity index is 625. The van der Waals surface area contributed by atoms with Gasteiger partial charge in [0.1, 0.15) is 11.6 Å². The van der Waals surface area contributed by atoms with Crippen molar-refractivity contribution in [3.05, 3.63) is 58.9 Å². The lowest BCUT2D eigenvalue weighted by atomic mass is 10.1. The molecule has 0 saturated heterocycles. The summed E-state index contributed by atoms with van der Waals surface area (Å²) in [6.45, 7) is 0. The second-order valence-electron chi connectivity index (χ2n) is 4.35. The van der Waals surface area contributed by atoms with E-state index in [4.69, 9.17) is 11.6 Å². The molecule has 3 nitrogen and oxygen atoms in total. The highest BCUT2D eigenvalue weighted by atomic mass is 35.5. The highest BCUT2D eigenvalue weighted by molar-refractivity contribution is 6.31. The maximum Gasteiger partial charge on any atom is 0.231 e. The van der Waals surface area contributed by atoms with Crippen molar-refractivity contribution in [1.82, 2.24) is 0 Å². The Kier molecular flexibility index (Phi) is 4.25. The summed E-state index contributed by atoms with van der Waals surface area (Å²) in [5.41, 5.74) is 0.702. The minimum absolute atomic E-state index is 0.0612. The average molecular weight is 294 g/mol. The average Bonchev–Trinajstić information content (AvgIpc) is 2.42. The number of rotatable bonds is 3. The first-order valence-electron chi connectivity index (χ1n) is 5.97. The van der Waals surface area contributed by atoms with Crippen LogP contribution < -0.4 is 4.90 Å². The second-order valence-corrected chi connectivity index (χ2v) is 4.76. The van der Waals surface area contributed by atoms with Crippen molar-refractivity contribution in [1.29, 1.82) is 0 Å². The second kappa shape index (κ2) is 5.92. The molecule has 0 saturated carbocycles. The third-order valence-corrected chi connectivity index (χ3v) is 3.33. The van der Waals surface area contributed by atoms with Crippen LogP contribution in [-0.4, -0.2) is 18.1 Å². The van der Waals surface area contributed by atoms with Crippen LogP contribution in [0.1, 0.15) is 5.56 Å². The number of phenols is 1. The van der Waals surface area contributed by atoms with E-state index in [9.17, 15) is 14.3 Å². The SMILES string of the molecule is CN(C(=O)Cc1c(F)cccc1Cl)c1cccc(O)c1. The van der Waals surface area contributed by atoms with E-state index in [1.165, 1.54) is 29.2 Å². The van der Waals surface area contributed by atoms with Gasteiger partial charge < -0.3 is 10.0 Å². The van der Waals surface area contributed by atoms with Crippen LogP contribution in [0.25, 0.3) is 0 Å². The summed E-state index contributed by atoms with van der Waals surface area (Å²) in [7, 11) is 1.56. The Morgan fingerprint density at radius 3 is 2.65 bits per heavy atom. The van der Waals surface area contributed by atoms with Gasteiger partial charge in [-0.3, -0.25) is 4.79 Å². The zero-order valence-corrected chi connectivity index (χ0v) is 11.6. The van der Waals surface area contributed by atoms with Crippen LogP contribution in [0, 0.1) is 5.82 Å². The van der Waals surface area contributed by atoms with Gasteiger partial charge in [0.05, 0.1) is 6.42 Å². The van der Waals surface area contributed by atoms with E-state index in [1.807, 2.05) is 0 Å². The van der Waals surface area contributed by atoms with Gasteiger partial charge in [0.2, 0.25) is 5.91 Å². The number of halogens is 2. The molecule has 0 unspecified atom stereocenters. The van der Waals surface area contributed by atoms with Crippen LogP contribution in [-0.2, 0) is 11.2 Å². The van der Waals surface area contributed by atoms with Gasteiger partial charge >= 0.3 is 0 Å². The first-order chi connectivity index (χ1) is 9.49. The molecular weight excluding hydrogens is 281 g/mol. The van der Waals surface area contributed by atoms with Crippen LogP contribution in [0.4, 0.5) is 10.1 Å². The maximum absolute atomic E-state index is 13.6. The van der Waals surface area contributed by atoms with Crippen molar-refractivity contribution >= 4 is 23.2 Å². The fourth-order valence-corrected chi connectivity index (χ4v) is 2.05. The molecule has 0 aliphatic carbocycles. The fourth-order valence-electron chi connectivity index (χ4n) is 1.82. The van der Waals surface area contributed by atoms with Gasteiger partial charge in [0.15, 0.2) is 0 Å². The van der Waals surface area contributed by atoms with E-state index < -0.39 is 5.82 Å². The summed E-state index contributed by atoms with van der Waals surface area (Å²) < 4.78 is 13.6. The number of carbonyl (C=O) groups excluding carboxylic acids is 1. The van der Waals surface area contributed by atoms with E-state index in [1.54, 1.807) is 25.2 Å². The van der Waals surface area contributed by atoms with Crippen LogP contribution in [0.2, 0.25) is 5.02 Å². The molecule has 0 radical (unpaired) electrons. The van der Waals surface area contributed by atoms with Crippen LogP contribution in [0.15, 0.2) is 42.5 Å². The molecule has 5 heteroatoms. The lowest BCUT2D eigenvalue weighted by Gasteiger charge is -2.18. The maximum atomic E-state index is 13.6. The van der Waals surface area contributed by atoms with Gasteiger partial charge in [-0.15, -0.1) is 0 Å². The standard InChI is InChI=1S/C15H13ClFNO2/c1-18(10-4-2-5-11(19)8-10)15(20)9-12-13(16)6-3-7-14(12)17/h2-8,19H,9H2,1H3. The number of nitrogens with zero attached hydrogens (tertiary/aromatic N) is 1. The van der Waals surface area contributed by atoms with Crippen LogP contribution in [0.3, 0.4) is 0 Å². The molecular formula is C15H13ClFNO2. The Morgan fingerprint density at radius 2 is 2.00 bits per heavy atom. The van der Waals surface area contributed by atoms with Crippen molar-refractivity contribution in [2.75, 3.05) is 11.9 Å². The number of aromatic hydroxyl groups is 1. The molecule has 104 valence electrons. The lowest BCUT2D eigenvalue weighted by molar-refractivity contribution is -0.117. The molecule has 0 fully saturated rings. The van der Waals surface area contributed by atoms with E-state index in [-0.39, 0.29) is 28.7 Å². The number of benzene rings is 2. The van der Waals surface area contributed by atoms with Crippen LogP contribution in [0.5, 0.6) is 5.75 Å². The predicted molar refractivity (Wildman–Crippen MR) is 76.6 cm³/mol. The summed E-state index contributed by atoms with van der Waals surface area (Å²) in [6.07, 6.45) is -0.141. The normalized spacial score (nSPS) is 10.3. The largest absolute Gasteiger partial charge is 0.508 e. The minimum atomic E-state index is -0.504. The van der Waals surface area contributed by atoms with E-state index in [0.717, 1.165) is 0 Å². The summed E-state index contributed by atoms with van der Waals surface area (Å²) in [6, 6.07) is 10.6. The van der Waals surface area contributed by atoms with Gasteiger partial charge in [-0.05, 0) is 24.3 Å². The summed E-state index contributed by atoms with van der Waals surface area (Å²) in [5, 5.41) is 9.63. The number of amides is 1. The van der Waals surface area contributed by atoms with Gasteiger partial charge in [-0.1, -0.05) is 23.7 Å². The van der Waals surface area contributed by atoms with Crippen molar-refractivity contribution in [2.45, 2.75) is 6.42 Å². The molecule has 2 rings (SSSR count). The predicted octanol–water partition coefficient (Wildman–Crippen LogP) is 3.39. The van der Waals surface area contributed by atoms with Gasteiger partial charge in [-0.2, -0.15) is 0 Å². The number of phenolic OH excluding ortho intramolecular Hbond substituents is 1. The van der Waals surface area contributed by atoms with Crippen molar-refractivity contribution in [3.63, 3.8) is 0 Å². The molecule has 0 bridgehead atoms. The third-order valence-electron chi connectivity index (χ3n) is 2.98. The quantitative estimate of drug-likeness (QED) is 0.942. The van der Waals surface area contributed by atoms with Gasteiger partial charge in [0, 0.05) is 29.4 Å². The third kappa shape index (κ3) is 3.08. The first kappa shape index (κ1) is 14.3. The number of anilines is 1.